The Morgan fingerprint density at radius 2 is 2.04 bits per heavy atom. The van der Waals surface area contributed by atoms with Crippen molar-refractivity contribution in [2.24, 2.45) is 0 Å². The molecule has 4 rings (SSSR count). The number of aromatic hydroxyl groups is 1. The molecular weight excluding hydrogens is 398 g/mol. The Morgan fingerprint density at radius 3 is 2.77 bits per heavy atom. The van der Waals surface area contributed by atoms with Crippen LogP contribution in [0.3, 0.4) is 0 Å². The number of hydrogen-bond donors (Lipinski definition) is 2. The van der Waals surface area contributed by atoms with Crippen molar-refractivity contribution in [3.05, 3.63) is 64.3 Å². The molecule has 2 heterocycles. The third kappa shape index (κ3) is 2.84. The summed E-state index contributed by atoms with van der Waals surface area (Å²) in [7, 11) is 1.50. The first-order valence-electron chi connectivity index (χ1n) is 8.07. The van der Waals surface area contributed by atoms with Crippen molar-refractivity contribution in [3.8, 4) is 17.2 Å². The van der Waals surface area contributed by atoms with Gasteiger partial charge in [0, 0.05) is 22.4 Å². The number of aromatic nitrogens is 2. The van der Waals surface area contributed by atoms with Crippen molar-refractivity contribution >= 4 is 27.7 Å². The van der Waals surface area contributed by atoms with Crippen LogP contribution >= 0.6 is 15.9 Å². The largest absolute Gasteiger partial charge is 0.504 e. The van der Waals surface area contributed by atoms with E-state index in [1.165, 1.54) is 7.11 Å². The van der Waals surface area contributed by atoms with Crippen molar-refractivity contribution in [3.63, 3.8) is 0 Å². The van der Waals surface area contributed by atoms with Gasteiger partial charge in [-0.15, -0.1) is 0 Å². The smallest absolute Gasteiger partial charge is 0.226 e. The molecule has 1 atom stereocenters. The summed E-state index contributed by atoms with van der Waals surface area (Å²) in [6.07, 6.45) is 2.09. The van der Waals surface area contributed by atoms with E-state index in [0.29, 0.717) is 18.0 Å². The highest BCUT2D eigenvalue weighted by Gasteiger charge is 2.30. The first-order chi connectivity index (χ1) is 12.6. The molecular formula is C19H16BrN3O3. The Bertz CT molecular complexity index is 982. The van der Waals surface area contributed by atoms with Crippen molar-refractivity contribution in [2.75, 3.05) is 12.4 Å². The topological polar surface area (TPSA) is 76.4 Å². The molecule has 1 aliphatic heterocycles. The second-order valence-electron chi connectivity index (χ2n) is 6.07. The monoisotopic (exact) mass is 413 g/mol. The van der Waals surface area contributed by atoms with Gasteiger partial charge in [-0.3, -0.25) is 4.79 Å². The van der Waals surface area contributed by atoms with E-state index in [2.05, 4.69) is 26.3 Å². The molecule has 1 aromatic heterocycles. The maximum atomic E-state index is 12.3. The van der Waals surface area contributed by atoms with Gasteiger partial charge >= 0.3 is 0 Å². The zero-order valence-electron chi connectivity index (χ0n) is 13.9. The molecule has 3 aromatic rings. The molecule has 0 fully saturated rings. The van der Waals surface area contributed by atoms with Gasteiger partial charge in [0.1, 0.15) is 5.82 Å². The number of benzene rings is 2. The summed E-state index contributed by atoms with van der Waals surface area (Å²) in [6, 6.07) is 12.9. The maximum Gasteiger partial charge on any atom is 0.226 e. The highest BCUT2D eigenvalue weighted by atomic mass is 79.9. The number of halogens is 1. The number of methoxy groups -OCH3 is 1. The van der Waals surface area contributed by atoms with Crippen LogP contribution in [0.15, 0.2) is 53.1 Å². The van der Waals surface area contributed by atoms with Gasteiger partial charge in [0.05, 0.1) is 19.0 Å². The maximum absolute atomic E-state index is 12.3. The lowest BCUT2D eigenvalue weighted by Crippen LogP contribution is -2.24. The van der Waals surface area contributed by atoms with Crippen LogP contribution in [0.2, 0.25) is 0 Å². The van der Waals surface area contributed by atoms with Gasteiger partial charge in [-0.2, -0.15) is 5.10 Å². The summed E-state index contributed by atoms with van der Waals surface area (Å²) in [5.74, 6) is 0.893. The number of ether oxygens (including phenoxy) is 1. The van der Waals surface area contributed by atoms with Crippen molar-refractivity contribution in [1.82, 2.24) is 9.78 Å². The van der Waals surface area contributed by atoms with E-state index in [-0.39, 0.29) is 17.6 Å². The van der Waals surface area contributed by atoms with E-state index in [9.17, 15) is 9.90 Å². The molecule has 0 saturated heterocycles. The zero-order chi connectivity index (χ0) is 18.3. The molecule has 7 heteroatoms. The minimum atomic E-state index is -0.155. The third-order valence-electron chi connectivity index (χ3n) is 4.50. The Hall–Kier alpha value is -2.80. The Balaban J connectivity index is 1.80. The molecule has 0 bridgehead atoms. The van der Waals surface area contributed by atoms with Crippen LogP contribution in [0.25, 0.3) is 5.69 Å². The molecule has 6 nitrogen and oxygen atoms in total. The predicted molar refractivity (Wildman–Crippen MR) is 101 cm³/mol. The molecule has 2 aromatic carbocycles. The predicted octanol–water partition coefficient (Wildman–Crippen LogP) is 3.82. The number of carbonyl (C=O) groups is 1. The first kappa shape index (κ1) is 16.7. The highest BCUT2D eigenvalue weighted by Crippen LogP contribution is 2.40. The van der Waals surface area contributed by atoms with Crippen LogP contribution < -0.4 is 10.1 Å². The number of carbonyl (C=O) groups excluding carboxylic acids is 1. The molecule has 0 saturated carbocycles. The number of rotatable bonds is 3. The molecule has 1 unspecified atom stereocenters. The van der Waals surface area contributed by atoms with Crippen molar-refractivity contribution < 1.29 is 14.6 Å². The summed E-state index contributed by atoms with van der Waals surface area (Å²) in [6.45, 7) is 0. The van der Waals surface area contributed by atoms with Gasteiger partial charge in [0.2, 0.25) is 5.91 Å². The van der Waals surface area contributed by atoms with Crippen LogP contribution in [0.1, 0.15) is 23.5 Å². The van der Waals surface area contributed by atoms with Gasteiger partial charge < -0.3 is 15.2 Å². The lowest BCUT2D eigenvalue weighted by atomic mass is 9.87. The third-order valence-corrected chi connectivity index (χ3v) is 5.03. The number of amides is 1. The van der Waals surface area contributed by atoms with E-state index >= 15 is 0 Å². The average molecular weight is 414 g/mol. The lowest BCUT2D eigenvalue weighted by Gasteiger charge is -2.24. The molecule has 1 aliphatic rings. The number of hydrogen-bond acceptors (Lipinski definition) is 4. The number of fused-ring (bicyclic) bond motifs is 1. The van der Waals surface area contributed by atoms with Crippen LogP contribution in [0.5, 0.6) is 11.5 Å². The quantitative estimate of drug-likeness (QED) is 0.683. The van der Waals surface area contributed by atoms with E-state index in [1.54, 1.807) is 23.0 Å². The van der Waals surface area contributed by atoms with E-state index in [1.807, 2.05) is 30.3 Å². The Labute approximate surface area is 158 Å². The van der Waals surface area contributed by atoms with Crippen LogP contribution in [0.4, 0.5) is 5.82 Å². The van der Waals surface area contributed by atoms with Crippen LogP contribution in [-0.4, -0.2) is 27.9 Å². The fourth-order valence-electron chi connectivity index (χ4n) is 3.21. The van der Waals surface area contributed by atoms with Crippen molar-refractivity contribution in [1.29, 1.82) is 0 Å². The van der Waals surface area contributed by atoms with Gasteiger partial charge in [-0.1, -0.05) is 22.0 Å². The SMILES string of the molecule is COc1cc(C2CC(=O)Nc3c2cnn3-c2ccc(Br)cc2)ccc1O. The number of phenols is 1. The van der Waals surface area contributed by atoms with Gasteiger partial charge in [0.15, 0.2) is 11.5 Å². The number of nitrogens with zero attached hydrogens (tertiary/aromatic N) is 2. The summed E-state index contributed by atoms with van der Waals surface area (Å²) in [4.78, 5) is 12.3. The first-order valence-corrected chi connectivity index (χ1v) is 8.86. The van der Waals surface area contributed by atoms with E-state index < -0.39 is 0 Å². The summed E-state index contributed by atoms with van der Waals surface area (Å²) < 4.78 is 7.90. The van der Waals surface area contributed by atoms with E-state index in [0.717, 1.165) is 21.3 Å². The second kappa shape index (κ2) is 6.49. The normalized spacial score (nSPS) is 16.1. The average Bonchev–Trinajstić information content (AvgIpc) is 3.06. The molecule has 0 spiro atoms. The Kier molecular flexibility index (Phi) is 4.16. The summed E-state index contributed by atoms with van der Waals surface area (Å²) in [5, 5.41) is 17.2. The summed E-state index contributed by atoms with van der Waals surface area (Å²) in [5.41, 5.74) is 2.69. The fraction of sp³-hybridized carbons (Fsp3) is 0.158. The molecule has 0 radical (unpaired) electrons. The molecule has 0 aliphatic carbocycles. The van der Waals surface area contributed by atoms with Crippen LogP contribution in [0, 0.1) is 0 Å². The lowest BCUT2D eigenvalue weighted by molar-refractivity contribution is -0.116. The standard InChI is InChI=1S/C19H16BrN3O3/c1-26-17-8-11(2-7-16(17)24)14-9-18(25)22-19-15(14)10-21-23(19)13-5-3-12(20)4-6-13/h2-8,10,14,24H,9H2,1H3,(H,22,25). The number of nitrogens with one attached hydrogen (secondary N) is 1. The van der Waals surface area contributed by atoms with Gasteiger partial charge in [0.25, 0.3) is 0 Å². The zero-order valence-corrected chi connectivity index (χ0v) is 15.5. The molecule has 2 N–H and O–H groups in total. The number of phenolic OH excluding ortho intramolecular Hbond substituents is 1. The Morgan fingerprint density at radius 1 is 1.27 bits per heavy atom. The summed E-state index contributed by atoms with van der Waals surface area (Å²) >= 11 is 3.42. The molecule has 26 heavy (non-hydrogen) atoms. The van der Waals surface area contributed by atoms with Crippen molar-refractivity contribution in [2.45, 2.75) is 12.3 Å². The molecule has 132 valence electrons. The minimum Gasteiger partial charge on any atom is -0.504 e. The highest BCUT2D eigenvalue weighted by molar-refractivity contribution is 9.10. The van der Waals surface area contributed by atoms with E-state index in [4.69, 9.17) is 4.74 Å². The van der Waals surface area contributed by atoms with Gasteiger partial charge in [-0.25, -0.2) is 4.68 Å². The second-order valence-corrected chi connectivity index (χ2v) is 6.99. The fourth-order valence-corrected chi connectivity index (χ4v) is 3.47. The van der Waals surface area contributed by atoms with Gasteiger partial charge in [-0.05, 0) is 42.0 Å². The minimum absolute atomic E-state index is 0.0716. The van der Waals surface area contributed by atoms with Crippen LogP contribution in [-0.2, 0) is 4.79 Å². The number of anilines is 1. The molecule has 1 amide bonds.